The van der Waals surface area contributed by atoms with E-state index in [9.17, 15) is 14.4 Å². The number of imide groups is 1. The molecule has 1 aliphatic rings. The maximum Gasteiger partial charge on any atom is 0.306 e. The number of benzene rings is 1. The first kappa shape index (κ1) is 18.1. The van der Waals surface area contributed by atoms with E-state index in [4.69, 9.17) is 9.57 Å². The van der Waals surface area contributed by atoms with Gasteiger partial charge in [-0.3, -0.25) is 19.2 Å². The zero-order valence-electron chi connectivity index (χ0n) is 14.3. The second-order valence-corrected chi connectivity index (χ2v) is 6.68. The molecule has 1 aromatic rings. The van der Waals surface area contributed by atoms with E-state index in [1.54, 1.807) is 24.3 Å². The smallest absolute Gasteiger partial charge is 0.306 e. The summed E-state index contributed by atoms with van der Waals surface area (Å²) in [5, 5.41) is 0.818. The van der Waals surface area contributed by atoms with Crippen LogP contribution >= 0.6 is 0 Å². The molecule has 0 fully saturated rings. The molecule has 0 spiro atoms. The Labute approximate surface area is 141 Å². The Morgan fingerprint density at radius 3 is 2.12 bits per heavy atom. The van der Waals surface area contributed by atoms with E-state index in [2.05, 4.69) is 0 Å². The second kappa shape index (κ2) is 7.57. The van der Waals surface area contributed by atoms with Gasteiger partial charge < -0.3 is 4.74 Å². The van der Waals surface area contributed by atoms with Crippen molar-refractivity contribution in [3.63, 3.8) is 0 Å². The average molecular weight is 333 g/mol. The molecule has 2 amide bonds. The average Bonchev–Trinajstić information content (AvgIpc) is 2.74. The van der Waals surface area contributed by atoms with Gasteiger partial charge in [-0.15, -0.1) is 5.06 Å². The monoisotopic (exact) mass is 333 g/mol. The molecule has 1 aromatic carbocycles. The van der Waals surface area contributed by atoms with Crippen molar-refractivity contribution in [1.29, 1.82) is 0 Å². The molecule has 6 nitrogen and oxygen atoms in total. The highest BCUT2D eigenvalue weighted by atomic mass is 16.7. The third kappa shape index (κ3) is 4.64. The normalized spacial score (nSPS) is 14.0. The van der Waals surface area contributed by atoms with Crippen LogP contribution in [0.15, 0.2) is 24.3 Å². The van der Waals surface area contributed by atoms with Crippen LogP contribution in [-0.4, -0.2) is 35.1 Å². The van der Waals surface area contributed by atoms with Gasteiger partial charge in [-0.2, -0.15) is 0 Å². The van der Waals surface area contributed by atoms with Crippen LogP contribution in [0.25, 0.3) is 0 Å². The molecule has 0 N–H and O–H groups in total. The Morgan fingerprint density at radius 1 is 1.00 bits per heavy atom. The van der Waals surface area contributed by atoms with E-state index in [1.165, 1.54) is 0 Å². The Bertz CT molecular complexity index is 598. The number of fused-ring (bicyclic) bond motifs is 1. The Kier molecular flexibility index (Phi) is 5.72. The van der Waals surface area contributed by atoms with E-state index < -0.39 is 17.4 Å². The molecule has 0 aliphatic carbocycles. The summed E-state index contributed by atoms with van der Waals surface area (Å²) in [7, 11) is 0. The number of ether oxygens (including phenoxy) is 1. The number of carbonyl (C=O) groups excluding carboxylic acids is 3. The number of esters is 1. The largest absolute Gasteiger partial charge is 0.460 e. The standard InChI is InChI=1S/C18H23NO5/c1-18(2,3)24-15(20)11-5-4-8-12-23-19-16(21)13-9-6-7-10-14(13)17(19)22/h6-7,9-10H,4-5,8,11-12H2,1-3H3. The number of rotatable bonds is 7. The van der Waals surface area contributed by atoms with Gasteiger partial charge in [-0.25, -0.2) is 0 Å². The SMILES string of the molecule is CC(C)(C)OC(=O)CCCCCON1C(=O)c2ccccc2C1=O. The van der Waals surface area contributed by atoms with E-state index >= 15 is 0 Å². The minimum atomic E-state index is -0.467. The van der Waals surface area contributed by atoms with E-state index in [-0.39, 0.29) is 12.6 Å². The number of carbonyl (C=O) groups is 3. The second-order valence-electron chi connectivity index (χ2n) is 6.68. The van der Waals surface area contributed by atoms with Crippen LogP contribution in [0.3, 0.4) is 0 Å². The van der Waals surface area contributed by atoms with Crippen molar-refractivity contribution >= 4 is 17.8 Å². The molecular formula is C18H23NO5. The van der Waals surface area contributed by atoms with Crippen molar-refractivity contribution in [3.05, 3.63) is 35.4 Å². The predicted molar refractivity (Wildman–Crippen MR) is 87.2 cm³/mol. The minimum Gasteiger partial charge on any atom is -0.460 e. The number of hydrogen-bond donors (Lipinski definition) is 0. The van der Waals surface area contributed by atoms with Gasteiger partial charge in [-0.05, 0) is 45.7 Å². The molecule has 130 valence electrons. The maximum absolute atomic E-state index is 12.1. The molecule has 0 saturated carbocycles. The van der Waals surface area contributed by atoms with Gasteiger partial charge in [0.1, 0.15) is 5.60 Å². The van der Waals surface area contributed by atoms with Crippen LogP contribution in [0.4, 0.5) is 0 Å². The topological polar surface area (TPSA) is 72.9 Å². The van der Waals surface area contributed by atoms with Crippen LogP contribution in [0.5, 0.6) is 0 Å². The Hall–Kier alpha value is -2.21. The van der Waals surface area contributed by atoms with E-state index in [0.29, 0.717) is 30.4 Å². The van der Waals surface area contributed by atoms with Crippen molar-refractivity contribution in [2.24, 2.45) is 0 Å². The maximum atomic E-state index is 12.1. The number of nitrogens with zero attached hydrogens (tertiary/aromatic N) is 1. The molecule has 24 heavy (non-hydrogen) atoms. The van der Waals surface area contributed by atoms with Gasteiger partial charge in [0.25, 0.3) is 11.8 Å². The summed E-state index contributed by atoms with van der Waals surface area (Å²) < 4.78 is 5.22. The molecule has 0 atom stereocenters. The summed E-state index contributed by atoms with van der Waals surface area (Å²) in [6.45, 7) is 5.75. The van der Waals surface area contributed by atoms with Gasteiger partial charge >= 0.3 is 5.97 Å². The van der Waals surface area contributed by atoms with E-state index in [0.717, 1.165) is 11.5 Å². The van der Waals surface area contributed by atoms with Crippen LogP contribution in [0.1, 0.15) is 67.2 Å². The molecule has 1 aliphatic heterocycles. The summed E-state index contributed by atoms with van der Waals surface area (Å²) in [5.41, 5.74) is 0.269. The number of hydrogen-bond acceptors (Lipinski definition) is 5. The quantitative estimate of drug-likeness (QED) is 0.435. The summed E-state index contributed by atoms with van der Waals surface area (Å²) in [6, 6.07) is 6.65. The Balaban J connectivity index is 1.66. The van der Waals surface area contributed by atoms with E-state index in [1.807, 2.05) is 20.8 Å². The lowest BCUT2D eigenvalue weighted by Gasteiger charge is -2.19. The van der Waals surface area contributed by atoms with Crippen LogP contribution in [-0.2, 0) is 14.4 Å². The fourth-order valence-electron chi connectivity index (χ4n) is 2.38. The number of amides is 2. The zero-order valence-corrected chi connectivity index (χ0v) is 14.3. The van der Waals surface area contributed by atoms with Gasteiger partial charge in [-0.1, -0.05) is 18.6 Å². The third-order valence-corrected chi connectivity index (χ3v) is 3.42. The van der Waals surface area contributed by atoms with Crippen molar-refractivity contribution < 1.29 is 24.0 Å². The van der Waals surface area contributed by atoms with Crippen LogP contribution < -0.4 is 0 Å². The van der Waals surface area contributed by atoms with Crippen molar-refractivity contribution in [3.8, 4) is 0 Å². The van der Waals surface area contributed by atoms with Crippen LogP contribution in [0, 0.1) is 0 Å². The molecule has 6 heteroatoms. The van der Waals surface area contributed by atoms with Crippen molar-refractivity contribution in [2.75, 3.05) is 6.61 Å². The highest BCUT2D eigenvalue weighted by Gasteiger charge is 2.36. The molecule has 0 aromatic heterocycles. The molecular weight excluding hydrogens is 310 g/mol. The summed E-state index contributed by atoms with van der Waals surface area (Å²) in [5.74, 6) is -1.07. The van der Waals surface area contributed by atoms with Crippen molar-refractivity contribution in [1.82, 2.24) is 5.06 Å². The first-order valence-corrected chi connectivity index (χ1v) is 8.12. The highest BCUT2D eigenvalue weighted by Crippen LogP contribution is 2.22. The molecule has 2 rings (SSSR count). The highest BCUT2D eigenvalue weighted by molar-refractivity contribution is 6.20. The first-order valence-electron chi connectivity index (χ1n) is 8.12. The lowest BCUT2D eigenvalue weighted by molar-refractivity contribution is -0.154. The summed E-state index contributed by atoms with van der Waals surface area (Å²) >= 11 is 0. The lowest BCUT2D eigenvalue weighted by Crippen LogP contribution is -2.30. The van der Waals surface area contributed by atoms with Gasteiger partial charge in [0, 0.05) is 6.42 Å². The zero-order chi connectivity index (χ0) is 17.7. The molecule has 0 unspecified atom stereocenters. The minimum absolute atomic E-state index is 0.219. The van der Waals surface area contributed by atoms with Crippen molar-refractivity contribution in [2.45, 2.75) is 52.1 Å². The molecule has 0 saturated heterocycles. The fourth-order valence-corrected chi connectivity index (χ4v) is 2.38. The number of unbranched alkanes of at least 4 members (excludes halogenated alkanes) is 2. The third-order valence-electron chi connectivity index (χ3n) is 3.42. The first-order chi connectivity index (χ1) is 11.3. The molecule has 0 radical (unpaired) electrons. The Morgan fingerprint density at radius 2 is 1.58 bits per heavy atom. The van der Waals surface area contributed by atoms with Crippen LogP contribution in [0.2, 0.25) is 0 Å². The van der Waals surface area contributed by atoms with Gasteiger partial charge in [0.2, 0.25) is 0 Å². The summed E-state index contributed by atoms with van der Waals surface area (Å²) in [6.07, 6.45) is 2.43. The van der Waals surface area contributed by atoms with Gasteiger partial charge in [0.15, 0.2) is 0 Å². The fraction of sp³-hybridized carbons (Fsp3) is 0.500. The molecule has 0 bridgehead atoms. The van der Waals surface area contributed by atoms with Gasteiger partial charge in [0.05, 0.1) is 17.7 Å². The predicted octanol–water partition coefficient (Wildman–Crippen LogP) is 3.12. The lowest BCUT2D eigenvalue weighted by atomic mass is 10.1. The summed E-state index contributed by atoms with van der Waals surface area (Å²) in [4.78, 5) is 41.0. The number of hydroxylamine groups is 2. The molecule has 1 heterocycles.